The minimum absolute atomic E-state index is 0.169. The standard InChI is InChI=1S/C24H20BN3O/c1-29-22-12-3-2-10-19(22)18-20(21-11-4-7-15-26-21)25(23-13-5-8-16-27-23)24-14-6-9-17-28-24/h2-18H,1H3/b20-18-. The van der Waals surface area contributed by atoms with Crippen molar-refractivity contribution in [2.75, 3.05) is 7.11 Å². The van der Waals surface area contributed by atoms with Crippen molar-refractivity contribution in [3.8, 4) is 5.75 Å². The molecule has 0 aliphatic rings. The van der Waals surface area contributed by atoms with Gasteiger partial charge in [0.1, 0.15) is 5.75 Å². The van der Waals surface area contributed by atoms with Gasteiger partial charge in [-0.05, 0) is 47.9 Å². The average molecular weight is 377 g/mol. The van der Waals surface area contributed by atoms with Crippen LogP contribution in [-0.2, 0) is 0 Å². The van der Waals surface area contributed by atoms with Gasteiger partial charge in [0.2, 0.25) is 0 Å². The molecule has 0 spiro atoms. The number of ether oxygens (including phenoxy) is 1. The second-order valence-electron chi connectivity index (χ2n) is 6.50. The third-order valence-electron chi connectivity index (χ3n) is 4.69. The van der Waals surface area contributed by atoms with Crippen molar-refractivity contribution in [2.45, 2.75) is 0 Å². The third-order valence-corrected chi connectivity index (χ3v) is 4.69. The van der Waals surface area contributed by atoms with E-state index in [1.54, 1.807) is 13.3 Å². The first kappa shape index (κ1) is 18.6. The first-order valence-electron chi connectivity index (χ1n) is 9.44. The number of hydrogen-bond acceptors (Lipinski definition) is 4. The highest BCUT2D eigenvalue weighted by molar-refractivity contribution is 6.99. The lowest BCUT2D eigenvalue weighted by Gasteiger charge is -2.17. The lowest BCUT2D eigenvalue weighted by atomic mass is 9.38. The van der Waals surface area contributed by atoms with Crippen molar-refractivity contribution in [1.29, 1.82) is 0 Å². The number of rotatable bonds is 6. The largest absolute Gasteiger partial charge is 0.496 e. The van der Waals surface area contributed by atoms with Gasteiger partial charge in [0.25, 0.3) is 6.71 Å². The van der Waals surface area contributed by atoms with Gasteiger partial charge in [-0.25, -0.2) is 0 Å². The molecular formula is C24H20BN3O. The van der Waals surface area contributed by atoms with E-state index >= 15 is 0 Å². The van der Waals surface area contributed by atoms with Gasteiger partial charge in [-0.2, -0.15) is 0 Å². The van der Waals surface area contributed by atoms with E-state index in [1.165, 1.54) is 0 Å². The summed E-state index contributed by atoms with van der Waals surface area (Å²) >= 11 is 0. The monoisotopic (exact) mass is 377 g/mol. The zero-order valence-electron chi connectivity index (χ0n) is 16.1. The molecule has 3 heterocycles. The second-order valence-corrected chi connectivity index (χ2v) is 6.50. The Kier molecular flexibility index (Phi) is 5.77. The lowest BCUT2D eigenvalue weighted by Crippen LogP contribution is -2.46. The average Bonchev–Trinajstić information content (AvgIpc) is 2.81. The van der Waals surface area contributed by atoms with Crippen molar-refractivity contribution < 1.29 is 4.74 Å². The first-order valence-corrected chi connectivity index (χ1v) is 9.44. The highest BCUT2D eigenvalue weighted by atomic mass is 16.5. The normalized spacial score (nSPS) is 11.1. The Balaban J connectivity index is 1.96. The topological polar surface area (TPSA) is 47.9 Å². The van der Waals surface area contributed by atoms with E-state index in [0.717, 1.165) is 33.7 Å². The van der Waals surface area contributed by atoms with E-state index < -0.39 is 0 Å². The smallest absolute Gasteiger partial charge is 0.290 e. The molecule has 0 bridgehead atoms. The Bertz CT molecular complexity index is 1050. The van der Waals surface area contributed by atoms with Crippen molar-refractivity contribution >= 4 is 29.4 Å². The minimum atomic E-state index is -0.169. The highest BCUT2D eigenvalue weighted by Gasteiger charge is 2.28. The maximum absolute atomic E-state index is 5.58. The second kappa shape index (κ2) is 8.98. The summed E-state index contributed by atoms with van der Waals surface area (Å²) in [6, 6.07) is 25.8. The summed E-state index contributed by atoms with van der Waals surface area (Å²) in [6.07, 6.45) is 7.54. The van der Waals surface area contributed by atoms with E-state index in [1.807, 2.05) is 91.3 Å². The van der Waals surface area contributed by atoms with Gasteiger partial charge in [0.15, 0.2) is 0 Å². The van der Waals surface area contributed by atoms with Gasteiger partial charge in [-0.15, -0.1) is 0 Å². The molecule has 0 aliphatic carbocycles. The van der Waals surface area contributed by atoms with Crippen LogP contribution in [0.15, 0.2) is 97.5 Å². The summed E-state index contributed by atoms with van der Waals surface area (Å²) in [5.41, 5.74) is 4.69. The molecule has 3 aromatic heterocycles. The molecule has 0 N–H and O–H groups in total. The van der Waals surface area contributed by atoms with Crippen LogP contribution in [-0.4, -0.2) is 28.8 Å². The molecule has 0 saturated carbocycles. The summed E-state index contributed by atoms with van der Waals surface area (Å²) < 4.78 is 5.58. The first-order chi connectivity index (χ1) is 14.4. The molecule has 0 fully saturated rings. The zero-order valence-corrected chi connectivity index (χ0v) is 16.1. The molecule has 0 radical (unpaired) electrons. The van der Waals surface area contributed by atoms with Gasteiger partial charge in [0.05, 0.1) is 12.8 Å². The summed E-state index contributed by atoms with van der Waals surface area (Å²) in [7, 11) is 1.68. The van der Waals surface area contributed by atoms with Crippen molar-refractivity contribution in [3.05, 3.63) is 109 Å². The minimum Gasteiger partial charge on any atom is -0.496 e. The quantitative estimate of drug-likeness (QED) is 0.484. The molecule has 0 aliphatic heterocycles. The van der Waals surface area contributed by atoms with E-state index in [0.29, 0.717) is 0 Å². The van der Waals surface area contributed by atoms with Gasteiger partial charge in [-0.3, -0.25) is 15.0 Å². The molecule has 1 aromatic carbocycles. The van der Waals surface area contributed by atoms with Crippen LogP contribution in [0.1, 0.15) is 11.3 Å². The molecule has 140 valence electrons. The molecule has 4 nitrogen and oxygen atoms in total. The molecule has 0 saturated heterocycles. The summed E-state index contributed by atoms with van der Waals surface area (Å²) in [6.45, 7) is -0.169. The fourth-order valence-electron chi connectivity index (χ4n) is 3.36. The van der Waals surface area contributed by atoms with Crippen LogP contribution in [0.4, 0.5) is 0 Å². The van der Waals surface area contributed by atoms with Gasteiger partial charge >= 0.3 is 0 Å². The van der Waals surface area contributed by atoms with E-state index in [9.17, 15) is 0 Å². The Labute approximate surface area is 171 Å². The van der Waals surface area contributed by atoms with Crippen LogP contribution in [0.5, 0.6) is 5.75 Å². The zero-order chi connectivity index (χ0) is 19.9. The van der Waals surface area contributed by atoms with E-state index in [4.69, 9.17) is 4.74 Å². The predicted octanol–water partition coefficient (Wildman–Crippen LogP) is 3.27. The maximum Gasteiger partial charge on any atom is 0.290 e. The van der Waals surface area contributed by atoms with Crippen molar-refractivity contribution in [1.82, 2.24) is 15.0 Å². The van der Waals surface area contributed by atoms with Crippen LogP contribution in [0.3, 0.4) is 0 Å². The van der Waals surface area contributed by atoms with Crippen LogP contribution in [0.2, 0.25) is 0 Å². The van der Waals surface area contributed by atoms with Gasteiger partial charge in [0, 0.05) is 35.3 Å². The summed E-state index contributed by atoms with van der Waals surface area (Å²) in [4.78, 5) is 13.9. The van der Waals surface area contributed by atoms with Crippen LogP contribution >= 0.6 is 0 Å². The van der Waals surface area contributed by atoms with Crippen LogP contribution in [0.25, 0.3) is 11.5 Å². The van der Waals surface area contributed by atoms with Crippen LogP contribution < -0.4 is 15.9 Å². The maximum atomic E-state index is 5.58. The number of para-hydroxylation sites is 1. The Morgan fingerprint density at radius 1 is 0.724 bits per heavy atom. The van der Waals surface area contributed by atoms with Crippen molar-refractivity contribution in [3.63, 3.8) is 0 Å². The molecule has 4 aromatic rings. The molecule has 4 rings (SSSR count). The number of nitrogens with zero attached hydrogens (tertiary/aromatic N) is 3. The Morgan fingerprint density at radius 2 is 1.31 bits per heavy atom. The number of benzene rings is 1. The molecule has 0 atom stereocenters. The van der Waals surface area contributed by atoms with Crippen LogP contribution in [0, 0.1) is 0 Å². The number of aromatic nitrogens is 3. The predicted molar refractivity (Wildman–Crippen MR) is 119 cm³/mol. The third kappa shape index (κ3) is 4.24. The number of hydrogen-bond donors (Lipinski definition) is 0. The molecule has 0 amide bonds. The van der Waals surface area contributed by atoms with E-state index in [2.05, 4.69) is 21.0 Å². The fraction of sp³-hybridized carbons (Fsp3) is 0.0417. The van der Waals surface area contributed by atoms with E-state index in [-0.39, 0.29) is 6.71 Å². The molecule has 5 heteroatoms. The number of pyridine rings is 3. The van der Waals surface area contributed by atoms with Gasteiger partial charge in [-0.1, -0.05) is 42.5 Å². The molecular weight excluding hydrogens is 357 g/mol. The van der Waals surface area contributed by atoms with Gasteiger partial charge < -0.3 is 4.74 Å². The number of methoxy groups -OCH3 is 1. The summed E-state index contributed by atoms with van der Waals surface area (Å²) in [5, 5.41) is 0. The molecule has 29 heavy (non-hydrogen) atoms. The Hall–Kier alpha value is -3.73. The fourth-order valence-corrected chi connectivity index (χ4v) is 3.36. The van der Waals surface area contributed by atoms with Crippen molar-refractivity contribution in [2.24, 2.45) is 0 Å². The lowest BCUT2D eigenvalue weighted by molar-refractivity contribution is 0.414. The molecule has 0 unspecified atom stereocenters. The SMILES string of the molecule is COc1ccccc1/C=C(\B(c1ccccn1)c1ccccn1)c1ccccn1. The highest BCUT2D eigenvalue weighted by Crippen LogP contribution is 2.25. The Morgan fingerprint density at radius 3 is 1.86 bits per heavy atom. The summed E-state index contributed by atoms with van der Waals surface area (Å²) in [5.74, 6) is 0.807.